The molecular formula is C20H20N2O3. The first kappa shape index (κ1) is 16.8. The maximum absolute atomic E-state index is 12.1. The highest BCUT2D eigenvalue weighted by atomic mass is 16.5. The van der Waals surface area contributed by atoms with Crippen molar-refractivity contribution in [2.75, 3.05) is 0 Å². The van der Waals surface area contributed by atoms with Gasteiger partial charge in [-0.05, 0) is 23.6 Å². The van der Waals surface area contributed by atoms with Crippen LogP contribution >= 0.6 is 0 Å². The second kappa shape index (κ2) is 7.66. The molecule has 0 spiro atoms. The van der Waals surface area contributed by atoms with Crippen molar-refractivity contribution >= 4 is 18.1 Å². The van der Waals surface area contributed by atoms with Crippen molar-refractivity contribution in [1.82, 2.24) is 10.6 Å². The monoisotopic (exact) mass is 336 g/mol. The molecule has 0 aromatic heterocycles. The molecule has 0 saturated carbocycles. The number of fused-ring (bicyclic) bond motifs is 1. The van der Waals surface area contributed by atoms with Crippen molar-refractivity contribution in [3.8, 4) is 0 Å². The van der Waals surface area contributed by atoms with E-state index in [0.717, 1.165) is 16.7 Å². The molecule has 0 radical (unpaired) electrons. The number of ether oxygens (including phenoxy) is 1. The number of benzene rings is 2. The van der Waals surface area contributed by atoms with Crippen LogP contribution in [0.15, 0.2) is 60.7 Å². The van der Waals surface area contributed by atoms with Crippen LogP contribution in [0.4, 0.5) is 4.79 Å². The average molecular weight is 336 g/mol. The van der Waals surface area contributed by atoms with E-state index in [2.05, 4.69) is 10.6 Å². The first-order chi connectivity index (χ1) is 12.1. The van der Waals surface area contributed by atoms with Gasteiger partial charge in [0, 0.05) is 0 Å². The standard InChI is InChI=1S/C20H20N2O3/c1-14(19(23)25-13-15-7-3-2-4-8-15)21-20(24)22-18-12-11-16-9-5-6-10-17(16)18/h2-12,14,18H,13H2,1H3,(H2,21,22,24)/t14?,18-/m1/s1. The minimum atomic E-state index is -0.732. The van der Waals surface area contributed by atoms with Gasteiger partial charge in [0.15, 0.2) is 0 Å². The fraction of sp³-hybridized carbons (Fsp3) is 0.200. The summed E-state index contributed by atoms with van der Waals surface area (Å²) in [5.41, 5.74) is 3.03. The van der Waals surface area contributed by atoms with Crippen LogP contribution in [-0.4, -0.2) is 18.0 Å². The van der Waals surface area contributed by atoms with Crippen molar-refractivity contribution in [3.05, 3.63) is 77.4 Å². The molecule has 2 aromatic rings. The van der Waals surface area contributed by atoms with E-state index >= 15 is 0 Å². The average Bonchev–Trinajstić information content (AvgIpc) is 3.03. The summed E-state index contributed by atoms with van der Waals surface area (Å²) >= 11 is 0. The third-order valence-electron chi connectivity index (χ3n) is 4.01. The van der Waals surface area contributed by atoms with Crippen LogP contribution < -0.4 is 10.6 Å². The first-order valence-electron chi connectivity index (χ1n) is 8.18. The molecule has 3 rings (SSSR count). The van der Waals surface area contributed by atoms with E-state index < -0.39 is 18.0 Å². The van der Waals surface area contributed by atoms with Gasteiger partial charge in [0.05, 0.1) is 6.04 Å². The van der Waals surface area contributed by atoms with E-state index in [1.54, 1.807) is 6.92 Å². The molecule has 1 aliphatic carbocycles. The lowest BCUT2D eigenvalue weighted by atomic mass is 10.1. The molecule has 0 aliphatic heterocycles. The van der Waals surface area contributed by atoms with Gasteiger partial charge in [-0.3, -0.25) is 0 Å². The Morgan fingerprint density at radius 1 is 1.08 bits per heavy atom. The summed E-state index contributed by atoms with van der Waals surface area (Å²) < 4.78 is 5.22. The molecule has 128 valence electrons. The Balaban J connectivity index is 1.48. The van der Waals surface area contributed by atoms with Gasteiger partial charge < -0.3 is 15.4 Å². The predicted molar refractivity (Wildman–Crippen MR) is 95.6 cm³/mol. The van der Waals surface area contributed by atoms with Gasteiger partial charge in [-0.15, -0.1) is 0 Å². The lowest BCUT2D eigenvalue weighted by Gasteiger charge is -2.17. The number of esters is 1. The van der Waals surface area contributed by atoms with Gasteiger partial charge in [0.2, 0.25) is 0 Å². The molecule has 0 bridgehead atoms. The van der Waals surface area contributed by atoms with Gasteiger partial charge in [-0.25, -0.2) is 9.59 Å². The summed E-state index contributed by atoms with van der Waals surface area (Å²) in [6.07, 6.45) is 3.89. The van der Waals surface area contributed by atoms with E-state index in [4.69, 9.17) is 4.74 Å². The quantitative estimate of drug-likeness (QED) is 0.824. The zero-order valence-electron chi connectivity index (χ0n) is 13.9. The number of nitrogens with one attached hydrogen (secondary N) is 2. The third kappa shape index (κ3) is 4.26. The van der Waals surface area contributed by atoms with Gasteiger partial charge >= 0.3 is 12.0 Å². The van der Waals surface area contributed by atoms with Crippen molar-refractivity contribution < 1.29 is 14.3 Å². The Kier molecular flexibility index (Phi) is 5.14. The van der Waals surface area contributed by atoms with Gasteiger partial charge in [0.1, 0.15) is 12.6 Å². The number of rotatable bonds is 5. The van der Waals surface area contributed by atoms with Gasteiger partial charge in [-0.1, -0.05) is 66.7 Å². The van der Waals surface area contributed by atoms with E-state index in [-0.39, 0.29) is 12.6 Å². The molecule has 0 saturated heterocycles. The van der Waals surface area contributed by atoms with E-state index in [1.807, 2.05) is 66.7 Å². The molecule has 0 fully saturated rings. The first-order valence-corrected chi connectivity index (χ1v) is 8.18. The number of urea groups is 1. The van der Waals surface area contributed by atoms with Crippen LogP contribution in [0.3, 0.4) is 0 Å². The van der Waals surface area contributed by atoms with E-state index in [9.17, 15) is 9.59 Å². The van der Waals surface area contributed by atoms with Crippen LogP contribution in [0, 0.1) is 0 Å². The van der Waals surface area contributed by atoms with E-state index in [1.165, 1.54) is 0 Å². The van der Waals surface area contributed by atoms with Crippen LogP contribution in [-0.2, 0) is 16.1 Å². The lowest BCUT2D eigenvalue weighted by molar-refractivity contribution is -0.146. The number of carbonyl (C=O) groups is 2. The summed E-state index contributed by atoms with van der Waals surface area (Å²) in [6.45, 7) is 1.79. The minimum absolute atomic E-state index is 0.187. The number of hydrogen-bond acceptors (Lipinski definition) is 3. The topological polar surface area (TPSA) is 67.4 Å². The third-order valence-corrected chi connectivity index (χ3v) is 4.01. The highest BCUT2D eigenvalue weighted by Gasteiger charge is 2.21. The molecule has 25 heavy (non-hydrogen) atoms. The van der Waals surface area contributed by atoms with Gasteiger partial charge in [0.25, 0.3) is 0 Å². The highest BCUT2D eigenvalue weighted by Crippen LogP contribution is 2.27. The fourth-order valence-corrected chi connectivity index (χ4v) is 2.67. The molecule has 2 amide bonds. The van der Waals surface area contributed by atoms with Crippen LogP contribution in [0.2, 0.25) is 0 Å². The van der Waals surface area contributed by atoms with Crippen molar-refractivity contribution in [2.45, 2.75) is 25.6 Å². The Labute approximate surface area is 146 Å². The van der Waals surface area contributed by atoms with Crippen LogP contribution in [0.25, 0.3) is 6.08 Å². The Bertz CT molecular complexity index is 787. The molecule has 5 heteroatoms. The van der Waals surface area contributed by atoms with Crippen LogP contribution in [0.1, 0.15) is 29.7 Å². The van der Waals surface area contributed by atoms with Crippen LogP contribution in [0.5, 0.6) is 0 Å². The van der Waals surface area contributed by atoms with Crippen molar-refractivity contribution in [1.29, 1.82) is 0 Å². The maximum Gasteiger partial charge on any atom is 0.328 e. The number of carbonyl (C=O) groups excluding carboxylic acids is 2. The molecular weight excluding hydrogens is 316 g/mol. The zero-order chi connectivity index (χ0) is 17.6. The minimum Gasteiger partial charge on any atom is -0.459 e. The summed E-state index contributed by atoms with van der Waals surface area (Å²) in [5, 5.41) is 5.47. The number of amides is 2. The lowest BCUT2D eigenvalue weighted by Crippen LogP contribution is -2.45. The Morgan fingerprint density at radius 3 is 2.60 bits per heavy atom. The van der Waals surface area contributed by atoms with Crippen molar-refractivity contribution in [2.24, 2.45) is 0 Å². The molecule has 1 unspecified atom stereocenters. The summed E-state index contributed by atoms with van der Waals surface area (Å²) in [5.74, 6) is -0.471. The Hall–Kier alpha value is -3.08. The van der Waals surface area contributed by atoms with Gasteiger partial charge in [-0.2, -0.15) is 0 Å². The molecule has 2 aromatic carbocycles. The molecule has 2 atom stereocenters. The SMILES string of the molecule is CC(NC(=O)N[C@@H]1C=Cc2ccccc21)C(=O)OCc1ccccc1. The maximum atomic E-state index is 12.1. The second-order valence-corrected chi connectivity index (χ2v) is 5.90. The van der Waals surface area contributed by atoms with Crippen molar-refractivity contribution in [3.63, 3.8) is 0 Å². The largest absolute Gasteiger partial charge is 0.459 e. The summed E-state index contributed by atoms with van der Waals surface area (Å²) in [7, 11) is 0. The highest BCUT2D eigenvalue weighted by molar-refractivity contribution is 5.84. The van der Waals surface area contributed by atoms with E-state index in [0.29, 0.717) is 0 Å². The predicted octanol–water partition coefficient (Wildman–Crippen LogP) is 3.19. The zero-order valence-corrected chi connectivity index (χ0v) is 13.9. The molecule has 1 aliphatic rings. The number of hydrogen-bond donors (Lipinski definition) is 2. The smallest absolute Gasteiger partial charge is 0.328 e. The summed E-state index contributed by atoms with van der Waals surface area (Å²) in [6, 6.07) is 15.9. The molecule has 0 heterocycles. The Morgan fingerprint density at radius 2 is 1.80 bits per heavy atom. The second-order valence-electron chi connectivity index (χ2n) is 5.90. The normalized spacial score (nSPS) is 16.0. The summed E-state index contributed by atoms with van der Waals surface area (Å²) in [4.78, 5) is 24.1. The fourth-order valence-electron chi connectivity index (χ4n) is 2.67. The molecule has 2 N–H and O–H groups in total. The molecule has 5 nitrogen and oxygen atoms in total.